The lowest BCUT2D eigenvalue weighted by atomic mass is 10.2. The number of rotatable bonds is 0. The van der Waals surface area contributed by atoms with Crippen molar-refractivity contribution >= 4 is 6.09 Å². The molecular formula is C11H25NO4. The molecule has 0 radical (unpaired) electrons. The van der Waals surface area contributed by atoms with Crippen molar-refractivity contribution in [2.24, 2.45) is 0 Å². The predicted molar refractivity (Wildman–Crippen MR) is 63.3 cm³/mol. The normalized spacial score (nSPS) is 14.3. The molecule has 0 spiro atoms. The zero-order chi connectivity index (χ0) is 13.2. The maximum Gasteiger partial charge on any atom is 0.410 e. The van der Waals surface area contributed by atoms with Crippen molar-refractivity contribution in [3.05, 3.63) is 0 Å². The van der Waals surface area contributed by atoms with E-state index in [0.29, 0.717) is 0 Å². The van der Waals surface area contributed by atoms with Gasteiger partial charge < -0.3 is 19.8 Å². The molecule has 0 unspecified atom stereocenters. The van der Waals surface area contributed by atoms with Gasteiger partial charge in [-0.3, -0.25) is 0 Å². The van der Waals surface area contributed by atoms with Crippen LogP contribution in [0.3, 0.4) is 0 Å². The Hall–Kier alpha value is -0.810. The van der Waals surface area contributed by atoms with Crippen molar-refractivity contribution in [1.82, 2.24) is 4.90 Å². The molecule has 0 bridgehead atoms. The van der Waals surface area contributed by atoms with E-state index in [1.807, 2.05) is 20.8 Å². The summed E-state index contributed by atoms with van der Waals surface area (Å²) in [5.74, 6) is 0. The molecule has 0 saturated carbocycles. The summed E-state index contributed by atoms with van der Waals surface area (Å²) in [4.78, 5) is 13.1. The molecule has 1 amide bonds. The molecular weight excluding hydrogens is 210 g/mol. The molecule has 5 heteroatoms. The number of carbonyl (C=O) groups is 1. The van der Waals surface area contributed by atoms with Gasteiger partial charge in [0, 0.05) is 27.3 Å². The predicted octanol–water partition coefficient (Wildman–Crippen LogP) is 1.23. The summed E-state index contributed by atoms with van der Waals surface area (Å²) in [5.41, 5.74) is -0.361. The van der Waals surface area contributed by atoms with Crippen LogP contribution in [0.1, 0.15) is 33.6 Å². The molecule has 0 atom stereocenters. The molecule has 1 rings (SSSR count). The topological polar surface area (TPSA) is 70.0 Å². The monoisotopic (exact) mass is 235 g/mol. The maximum absolute atomic E-state index is 11.4. The minimum absolute atomic E-state index is 0.167. The molecule has 0 aromatic rings. The van der Waals surface area contributed by atoms with Gasteiger partial charge in [-0.15, -0.1) is 0 Å². The van der Waals surface area contributed by atoms with E-state index in [0.717, 1.165) is 40.2 Å². The van der Waals surface area contributed by atoms with E-state index in [4.69, 9.17) is 14.9 Å². The van der Waals surface area contributed by atoms with Gasteiger partial charge in [-0.25, -0.2) is 4.79 Å². The highest BCUT2D eigenvalue weighted by molar-refractivity contribution is 5.68. The number of amides is 1. The molecule has 0 aliphatic carbocycles. The van der Waals surface area contributed by atoms with Crippen molar-refractivity contribution in [3.8, 4) is 0 Å². The zero-order valence-electron chi connectivity index (χ0n) is 11.0. The highest BCUT2D eigenvalue weighted by atomic mass is 16.6. The molecule has 0 aromatic carbocycles. The van der Waals surface area contributed by atoms with Crippen LogP contribution in [0.4, 0.5) is 4.79 Å². The third-order valence-corrected chi connectivity index (χ3v) is 1.76. The van der Waals surface area contributed by atoms with Crippen molar-refractivity contribution in [2.75, 3.05) is 27.3 Å². The van der Waals surface area contributed by atoms with Crippen LogP contribution in [-0.2, 0) is 4.74 Å². The Kier molecular flexibility index (Phi) is 10.3. The first kappa shape index (κ1) is 17.6. The standard InChI is InChI=1S/C9H17NO2.2CH4O/c1-9(2,3)12-8(11)10-6-4-5-7-10;2*1-2/h4-7H2,1-3H3;2*2H,1H3. The summed E-state index contributed by atoms with van der Waals surface area (Å²) in [5, 5.41) is 14.0. The van der Waals surface area contributed by atoms with E-state index in [2.05, 4.69) is 0 Å². The number of ether oxygens (including phenoxy) is 1. The van der Waals surface area contributed by atoms with Crippen LogP contribution in [0.15, 0.2) is 0 Å². The number of aliphatic hydroxyl groups excluding tert-OH is 2. The Morgan fingerprint density at radius 2 is 1.44 bits per heavy atom. The lowest BCUT2D eigenvalue weighted by Gasteiger charge is -2.23. The van der Waals surface area contributed by atoms with Gasteiger partial charge in [0.1, 0.15) is 5.60 Å². The number of aliphatic hydroxyl groups is 2. The van der Waals surface area contributed by atoms with Crippen LogP contribution in [-0.4, -0.2) is 54.1 Å². The Morgan fingerprint density at radius 1 is 1.06 bits per heavy atom. The van der Waals surface area contributed by atoms with Crippen molar-refractivity contribution in [3.63, 3.8) is 0 Å². The van der Waals surface area contributed by atoms with Gasteiger partial charge >= 0.3 is 6.09 Å². The number of hydrogen-bond donors (Lipinski definition) is 2. The van der Waals surface area contributed by atoms with Crippen LogP contribution < -0.4 is 0 Å². The number of carbonyl (C=O) groups excluding carboxylic acids is 1. The molecule has 16 heavy (non-hydrogen) atoms. The Balaban J connectivity index is 0. The SMILES string of the molecule is CC(C)(C)OC(=O)N1CCCC1.CO.CO. The minimum atomic E-state index is -0.361. The van der Waals surface area contributed by atoms with E-state index in [1.54, 1.807) is 4.90 Å². The van der Waals surface area contributed by atoms with Crippen molar-refractivity contribution in [1.29, 1.82) is 0 Å². The number of likely N-dealkylation sites (tertiary alicyclic amines) is 1. The highest BCUT2D eigenvalue weighted by Crippen LogP contribution is 2.14. The fourth-order valence-electron chi connectivity index (χ4n) is 1.23. The Bertz CT molecular complexity index is 171. The van der Waals surface area contributed by atoms with Gasteiger partial charge in [-0.1, -0.05) is 0 Å². The summed E-state index contributed by atoms with van der Waals surface area (Å²) in [6.07, 6.45) is 2.05. The molecule has 1 fully saturated rings. The third-order valence-electron chi connectivity index (χ3n) is 1.76. The first-order chi connectivity index (χ1) is 7.49. The van der Waals surface area contributed by atoms with E-state index in [-0.39, 0.29) is 11.7 Å². The largest absolute Gasteiger partial charge is 0.444 e. The van der Waals surface area contributed by atoms with Gasteiger partial charge in [0.15, 0.2) is 0 Å². The molecule has 2 N–H and O–H groups in total. The van der Waals surface area contributed by atoms with Gasteiger partial charge in [0.05, 0.1) is 0 Å². The summed E-state index contributed by atoms with van der Waals surface area (Å²) in [6.45, 7) is 7.38. The summed E-state index contributed by atoms with van der Waals surface area (Å²) < 4.78 is 5.21. The lowest BCUT2D eigenvalue weighted by molar-refractivity contribution is 0.0295. The smallest absolute Gasteiger partial charge is 0.410 e. The van der Waals surface area contributed by atoms with Crippen LogP contribution >= 0.6 is 0 Å². The second kappa shape index (κ2) is 9.42. The molecule has 98 valence electrons. The van der Waals surface area contributed by atoms with Gasteiger partial charge in [0.2, 0.25) is 0 Å². The lowest BCUT2D eigenvalue weighted by Crippen LogP contribution is -2.34. The van der Waals surface area contributed by atoms with Gasteiger partial charge in [-0.2, -0.15) is 0 Å². The summed E-state index contributed by atoms with van der Waals surface area (Å²) in [7, 11) is 2.00. The zero-order valence-corrected chi connectivity index (χ0v) is 11.0. The first-order valence-corrected chi connectivity index (χ1v) is 5.36. The van der Waals surface area contributed by atoms with Gasteiger partial charge in [0.25, 0.3) is 0 Å². The number of nitrogens with zero attached hydrogens (tertiary/aromatic N) is 1. The molecule has 5 nitrogen and oxygen atoms in total. The molecule has 1 heterocycles. The summed E-state index contributed by atoms with van der Waals surface area (Å²) in [6, 6.07) is 0. The first-order valence-electron chi connectivity index (χ1n) is 5.36. The fraction of sp³-hybridized carbons (Fsp3) is 0.909. The second-order valence-electron chi connectivity index (χ2n) is 4.17. The van der Waals surface area contributed by atoms with E-state index < -0.39 is 0 Å². The Morgan fingerprint density at radius 3 is 1.75 bits per heavy atom. The molecule has 1 aliphatic rings. The minimum Gasteiger partial charge on any atom is -0.444 e. The van der Waals surface area contributed by atoms with E-state index >= 15 is 0 Å². The molecule has 0 aromatic heterocycles. The number of hydrogen-bond acceptors (Lipinski definition) is 4. The Labute approximate surface area is 98.0 Å². The van der Waals surface area contributed by atoms with Gasteiger partial charge in [-0.05, 0) is 33.6 Å². The third kappa shape index (κ3) is 8.49. The van der Waals surface area contributed by atoms with Crippen molar-refractivity contribution in [2.45, 2.75) is 39.2 Å². The average molecular weight is 235 g/mol. The maximum atomic E-state index is 11.4. The quantitative estimate of drug-likeness (QED) is 0.662. The summed E-state index contributed by atoms with van der Waals surface area (Å²) >= 11 is 0. The van der Waals surface area contributed by atoms with E-state index in [1.165, 1.54) is 0 Å². The average Bonchev–Trinajstić information content (AvgIpc) is 2.74. The fourth-order valence-corrected chi connectivity index (χ4v) is 1.23. The van der Waals surface area contributed by atoms with Crippen LogP contribution in [0.25, 0.3) is 0 Å². The van der Waals surface area contributed by atoms with Crippen LogP contribution in [0, 0.1) is 0 Å². The highest BCUT2D eigenvalue weighted by Gasteiger charge is 2.23. The molecule has 1 aliphatic heterocycles. The van der Waals surface area contributed by atoms with Crippen LogP contribution in [0.5, 0.6) is 0 Å². The molecule has 1 saturated heterocycles. The van der Waals surface area contributed by atoms with E-state index in [9.17, 15) is 4.79 Å². The van der Waals surface area contributed by atoms with Crippen LogP contribution in [0.2, 0.25) is 0 Å². The van der Waals surface area contributed by atoms with Crippen molar-refractivity contribution < 1.29 is 19.7 Å². The second-order valence-corrected chi connectivity index (χ2v) is 4.17.